The second-order valence-electron chi connectivity index (χ2n) is 8.04. The lowest BCUT2D eigenvalue weighted by molar-refractivity contribution is -0.144. The van der Waals surface area contributed by atoms with Crippen molar-refractivity contribution in [2.75, 3.05) is 6.54 Å². The lowest BCUT2D eigenvalue weighted by atomic mass is 9.97. The summed E-state index contributed by atoms with van der Waals surface area (Å²) in [4.78, 5) is 31.4. The molecule has 4 rings (SSSR count). The number of aromatic amines is 2. The van der Waals surface area contributed by atoms with E-state index < -0.39 is 12.0 Å². The molecule has 1 amide bonds. The van der Waals surface area contributed by atoms with Crippen molar-refractivity contribution in [2.45, 2.75) is 26.9 Å². The molecule has 4 heterocycles. The largest absolute Gasteiger partial charge is 0.451 e. The fourth-order valence-electron chi connectivity index (χ4n) is 2.79. The maximum absolute atomic E-state index is 13.0. The van der Waals surface area contributed by atoms with Crippen LogP contribution in [0.3, 0.4) is 0 Å². The summed E-state index contributed by atoms with van der Waals surface area (Å²) >= 11 is 0. The van der Waals surface area contributed by atoms with Gasteiger partial charge in [0, 0.05) is 18.9 Å². The van der Waals surface area contributed by atoms with E-state index in [1.807, 2.05) is 25.9 Å². The molecule has 0 aliphatic rings. The second-order valence-corrected chi connectivity index (χ2v) is 8.04. The average Bonchev–Trinajstić information content (AvgIpc) is 3.42. The van der Waals surface area contributed by atoms with E-state index in [-0.39, 0.29) is 34.2 Å². The van der Waals surface area contributed by atoms with Crippen LogP contribution in [0, 0.1) is 5.41 Å². The van der Waals surface area contributed by atoms with Crippen molar-refractivity contribution in [1.29, 1.82) is 0 Å². The number of H-pyrrole nitrogens is 2. The number of carbonyl (C=O) groups excluding carboxylic acids is 1. The van der Waals surface area contributed by atoms with E-state index in [4.69, 9.17) is 0 Å². The second kappa shape index (κ2) is 7.18. The van der Waals surface area contributed by atoms with Crippen molar-refractivity contribution in [3.63, 3.8) is 0 Å². The van der Waals surface area contributed by atoms with Crippen molar-refractivity contribution >= 4 is 11.7 Å². The Kier molecular flexibility index (Phi) is 4.75. The zero-order valence-corrected chi connectivity index (χ0v) is 16.7. The average molecular weight is 433 g/mol. The Morgan fingerprint density at radius 1 is 1.19 bits per heavy atom. The molecule has 0 bridgehead atoms. The summed E-state index contributed by atoms with van der Waals surface area (Å²) < 4.78 is 40.4. The molecule has 31 heavy (non-hydrogen) atoms. The molecule has 0 aromatic carbocycles. The molecule has 0 saturated heterocycles. The Hall–Kier alpha value is -3.77. The van der Waals surface area contributed by atoms with Crippen LogP contribution >= 0.6 is 0 Å². The third-order valence-electron chi connectivity index (χ3n) is 4.24. The summed E-state index contributed by atoms with van der Waals surface area (Å²) in [5, 5.41) is 8.36. The van der Waals surface area contributed by atoms with Crippen molar-refractivity contribution in [2.24, 2.45) is 5.41 Å². The lowest BCUT2D eigenvalue weighted by Crippen LogP contribution is -2.32. The number of aromatic nitrogens is 8. The van der Waals surface area contributed by atoms with Crippen LogP contribution < -0.4 is 5.32 Å². The maximum atomic E-state index is 13.0. The van der Waals surface area contributed by atoms with Gasteiger partial charge in [0.1, 0.15) is 11.4 Å². The van der Waals surface area contributed by atoms with Crippen LogP contribution in [0.2, 0.25) is 0 Å². The summed E-state index contributed by atoms with van der Waals surface area (Å²) in [6.07, 6.45) is 1.04. The van der Waals surface area contributed by atoms with Gasteiger partial charge in [0.05, 0.1) is 23.8 Å². The molecule has 13 heteroatoms. The molecule has 0 unspecified atom stereocenters. The van der Waals surface area contributed by atoms with Crippen molar-refractivity contribution in [3.8, 4) is 22.9 Å². The topological polar surface area (TPSA) is 130 Å². The smallest absolute Gasteiger partial charge is 0.351 e. The number of carbonyl (C=O) groups is 1. The SMILES string of the molecule is CC(C)(C)CNC(=O)c1cnc2nc(-c3n[nH]c(C(F)(F)F)n3)c(-c3cnc[nH]3)n2c1. The minimum Gasteiger partial charge on any atom is -0.351 e. The first-order valence-electron chi connectivity index (χ1n) is 9.18. The van der Waals surface area contributed by atoms with Crippen molar-refractivity contribution in [3.05, 3.63) is 36.3 Å². The zero-order valence-electron chi connectivity index (χ0n) is 16.7. The molecular formula is C18H18F3N9O. The van der Waals surface area contributed by atoms with E-state index in [1.165, 1.54) is 29.3 Å². The third-order valence-corrected chi connectivity index (χ3v) is 4.24. The van der Waals surface area contributed by atoms with Crippen LogP contribution in [0.25, 0.3) is 28.7 Å². The molecule has 0 saturated carbocycles. The molecule has 0 fully saturated rings. The summed E-state index contributed by atoms with van der Waals surface area (Å²) in [5.74, 6) is -1.69. The van der Waals surface area contributed by atoms with Gasteiger partial charge in [-0.25, -0.2) is 19.9 Å². The number of imidazole rings is 2. The number of amides is 1. The summed E-state index contributed by atoms with van der Waals surface area (Å²) in [6, 6.07) is 0. The van der Waals surface area contributed by atoms with Gasteiger partial charge in [0.2, 0.25) is 17.4 Å². The molecule has 0 radical (unpaired) electrons. The van der Waals surface area contributed by atoms with E-state index in [9.17, 15) is 18.0 Å². The fraction of sp³-hybridized carbons (Fsp3) is 0.333. The highest BCUT2D eigenvalue weighted by Crippen LogP contribution is 2.32. The summed E-state index contributed by atoms with van der Waals surface area (Å²) in [6.45, 7) is 6.40. The van der Waals surface area contributed by atoms with Gasteiger partial charge in [-0.05, 0) is 5.41 Å². The fourth-order valence-corrected chi connectivity index (χ4v) is 2.79. The molecular weight excluding hydrogens is 415 g/mol. The summed E-state index contributed by atoms with van der Waals surface area (Å²) in [7, 11) is 0. The quantitative estimate of drug-likeness (QED) is 0.454. The zero-order chi connectivity index (χ0) is 22.4. The maximum Gasteiger partial charge on any atom is 0.451 e. The monoisotopic (exact) mass is 433 g/mol. The Morgan fingerprint density at radius 2 is 1.97 bits per heavy atom. The molecule has 10 nitrogen and oxygen atoms in total. The third kappa shape index (κ3) is 4.11. The lowest BCUT2D eigenvalue weighted by Gasteiger charge is -2.18. The summed E-state index contributed by atoms with van der Waals surface area (Å²) in [5.41, 5.74) is 0.953. The van der Waals surface area contributed by atoms with Gasteiger partial charge in [-0.15, -0.1) is 0 Å². The number of alkyl halides is 3. The van der Waals surface area contributed by atoms with Gasteiger partial charge in [0.25, 0.3) is 5.91 Å². The van der Waals surface area contributed by atoms with E-state index in [1.54, 1.807) is 0 Å². The van der Waals surface area contributed by atoms with Crippen LogP contribution in [-0.4, -0.2) is 52.0 Å². The van der Waals surface area contributed by atoms with Crippen LogP contribution in [-0.2, 0) is 6.18 Å². The number of rotatable bonds is 4. The number of nitrogens with zero attached hydrogens (tertiary/aromatic N) is 6. The van der Waals surface area contributed by atoms with Crippen LogP contribution in [0.15, 0.2) is 24.9 Å². The predicted octanol–water partition coefficient (Wildman–Crippen LogP) is 2.70. The molecule has 162 valence electrons. The highest BCUT2D eigenvalue weighted by molar-refractivity contribution is 5.94. The van der Waals surface area contributed by atoms with Gasteiger partial charge in [0.15, 0.2) is 0 Å². The van der Waals surface area contributed by atoms with Crippen molar-refractivity contribution in [1.82, 2.24) is 44.8 Å². The first-order chi connectivity index (χ1) is 14.5. The van der Waals surface area contributed by atoms with Gasteiger partial charge in [-0.2, -0.15) is 18.3 Å². The Bertz CT molecular complexity index is 1230. The van der Waals surface area contributed by atoms with Crippen molar-refractivity contribution < 1.29 is 18.0 Å². The number of hydrogen-bond acceptors (Lipinski definition) is 6. The minimum atomic E-state index is -4.69. The standard InChI is InChI=1S/C18H18F3N9O/c1-17(2,3)7-24-14(31)9-4-23-16-26-11(13-27-15(29-28-13)18(19,20)21)12(30(16)6-9)10-5-22-8-25-10/h4-6,8H,7H2,1-3H3,(H,22,25)(H,24,31)(H,27,28,29). The van der Waals surface area contributed by atoms with E-state index in [0.717, 1.165) is 0 Å². The van der Waals surface area contributed by atoms with E-state index in [0.29, 0.717) is 17.9 Å². The highest BCUT2D eigenvalue weighted by atomic mass is 19.4. The molecule has 3 N–H and O–H groups in total. The molecule has 0 spiro atoms. The van der Waals surface area contributed by atoms with Gasteiger partial charge in [-0.3, -0.25) is 14.3 Å². The molecule has 0 atom stereocenters. The first-order valence-corrected chi connectivity index (χ1v) is 9.18. The normalized spacial score (nSPS) is 12.5. The van der Waals surface area contributed by atoms with E-state index in [2.05, 4.69) is 35.3 Å². The van der Waals surface area contributed by atoms with Gasteiger partial charge >= 0.3 is 6.18 Å². The number of fused-ring (bicyclic) bond motifs is 1. The number of halogens is 3. The molecule has 4 aromatic rings. The van der Waals surface area contributed by atoms with Crippen LogP contribution in [0.1, 0.15) is 37.0 Å². The number of nitrogens with one attached hydrogen (secondary N) is 3. The number of hydrogen-bond donors (Lipinski definition) is 3. The highest BCUT2D eigenvalue weighted by Gasteiger charge is 2.36. The van der Waals surface area contributed by atoms with Gasteiger partial charge < -0.3 is 10.3 Å². The molecule has 0 aliphatic carbocycles. The first kappa shape index (κ1) is 20.5. The van der Waals surface area contributed by atoms with Gasteiger partial charge in [-0.1, -0.05) is 20.8 Å². The Labute approximate surface area is 173 Å². The molecule has 4 aromatic heterocycles. The molecule has 0 aliphatic heterocycles. The van der Waals surface area contributed by atoms with Crippen LogP contribution in [0.4, 0.5) is 13.2 Å². The van der Waals surface area contributed by atoms with Crippen LogP contribution in [0.5, 0.6) is 0 Å². The Balaban J connectivity index is 1.82. The minimum absolute atomic E-state index is 0.0516. The predicted molar refractivity (Wildman–Crippen MR) is 103 cm³/mol. The Morgan fingerprint density at radius 3 is 2.58 bits per heavy atom. The van der Waals surface area contributed by atoms with E-state index >= 15 is 0 Å².